The van der Waals surface area contributed by atoms with Gasteiger partial charge in [0.2, 0.25) is 0 Å². The van der Waals surface area contributed by atoms with Crippen molar-refractivity contribution in [3.05, 3.63) is 29.3 Å². The molecule has 0 spiro atoms. The Morgan fingerprint density at radius 1 is 1.50 bits per heavy atom. The van der Waals surface area contributed by atoms with Gasteiger partial charge in [0.05, 0.1) is 11.7 Å². The van der Waals surface area contributed by atoms with Gasteiger partial charge in [-0.1, -0.05) is 6.07 Å². The molecule has 0 radical (unpaired) electrons. The summed E-state index contributed by atoms with van der Waals surface area (Å²) in [7, 11) is 0. The van der Waals surface area contributed by atoms with Gasteiger partial charge in [-0.15, -0.1) is 0 Å². The zero-order valence-electron chi connectivity index (χ0n) is 10.5. The number of hydrogen-bond acceptors (Lipinski definition) is 3. The third kappa shape index (κ3) is 3.01. The van der Waals surface area contributed by atoms with E-state index in [1.54, 1.807) is 25.1 Å². The number of hydrogen-bond donors (Lipinski definition) is 1. The maximum Gasteiger partial charge on any atom is 0.336 e. The summed E-state index contributed by atoms with van der Waals surface area (Å²) in [5.74, 6) is -0.295. The van der Waals surface area contributed by atoms with Crippen LogP contribution in [0.1, 0.15) is 35.2 Å². The Morgan fingerprint density at radius 2 is 2.33 bits per heavy atom. The van der Waals surface area contributed by atoms with Crippen LogP contribution in [-0.4, -0.2) is 30.4 Å². The second kappa shape index (κ2) is 5.87. The van der Waals surface area contributed by atoms with Gasteiger partial charge in [0.1, 0.15) is 12.4 Å². The van der Waals surface area contributed by atoms with Crippen molar-refractivity contribution >= 4 is 5.97 Å². The van der Waals surface area contributed by atoms with Gasteiger partial charge in [-0.05, 0) is 38.3 Å². The molecule has 2 rings (SSSR count). The Morgan fingerprint density at radius 3 is 3.00 bits per heavy atom. The Labute approximate surface area is 107 Å². The molecule has 18 heavy (non-hydrogen) atoms. The van der Waals surface area contributed by atoms with Crippen LogP contribution in [0.25, 0.3) is 0 Å². The highest BCUT2D eigenvalue weighted by Gasteiger charge is 2.16. The molecule has 1 aromatic rings. The molecule has 0 bridgehead atoms. The highest BCUT2D eigenvalue weighted by molar-refractivity contribution is 5.90. The van der Waals surface area contributed by atoms with Crippen LogP contribution >= 0.6 is 0 Å². The molecule has 1 atom stereocenters. The van der Waals surface area contributed by atoms with Crippen LogP contribution in [0.4, 0.5) is 0 Å². The van der Waals surface area contributed by atoms with Crippen LogP contribution in [0.3, 0.4) is 0 Å². The molecule has 1 saturated heterocycles. The van der Waals surface area contributed by atoms with Gasteiger partial charge >= 0.3 is 5.97 Å². The Hall–Kier alpha value is -1.55. The minimum Gasteiger partial charge on any atom is -0.491 e. The molecule has 0 amide bonds. The van der Waals surface area contributed by atoms with E-state index < -0.39 is 5.97 Å². The average molecular weight is 250 g/mol. The SMILES string of the molecule is Cc1c(OCC2CCCCO2)cccc1C(=O)O. The summed E-state index contributed by atoms with van der Waals surface area (Å²) < 4.78 is 11.3. The molecule has 0 saturated carbocycles. The van der Waals surface area contributed by atoms with Crippen molar-refractivity contribution in [2.75, 3.05) is 13.2 Å². The summed E-state index contributed by atoms with van der Waals surface area (Å²) in [4.78, 5) is 11.0. The first-order chi connectivity index (χ1) is 8.68. The predicted molar refractivity (Wildman–Crippen MR) is 67.2 cm³/mol. The highest BCUT2D eigenvalue weighted by Crippen LogP contribution is 2.22. The number of benzene rings is 1. The van der Waals surface area contributed by atoms with Crippen molar-refractivity contribution in [2.24, 2.45) is 0 Å². The standard InChI is InChI=1S/C14H18O4/c1-10-12(14(15)16)6-4-7-13(10)18-9-11-5-2-3-8-17-11/h4,6-7,11H,2-3,5,8-9H2,1H3,(H,15,16). The molecule has 1 fully saturated rings. The largest absolute Gasteiger partial charge is 0.491 e. The smallest absolute Gasteiger partial charge is 0.336 e. The molecule has 1 heterocycles. The first kappa shape index (κ1) is 12.9. The van der Waals surface area contributed by atoms with Crippen molar-refractivity contribution < 1.29 is 19.4 Å². The molecule has 98 valence electrons. The molecule has 1 aromatic carbocycles. The maximum atomic E-state index is 11.0. The summed E-state index contributed by atoms with van der Waals surface area (Å²) in [6.45, 7) is 3.05. The van der Waals surface area contributed by atoms with Crippen LogP contribution in [-0.2, 0) is 4.74 Å². The molecule has 1 aliphatic heterocycles. The average Bonchev–Trinajstić information content (AvgIpc) is 2.38. The normalized spacial score (nSPS) is 19.5. The number of carboxylic acid groups (broad SMARTS) is 1. The molecule has 1 unspecified atom stereocenters. The molecule has 4 heteroatoms. The highest BCUT2D eigenvalue weighted by atomic mass is 16.5. The van der Waals surface area contributed by atoms with E-state index in [9.17, 15) is 4.79 Å². The number of carboxylic acids is 1. The van der Waals surface area contributed by atoms with E-state index in [2.05, 4.69) is 0 Å². The topological polar surface area (TPSA) is 55.8 Å². The molecule has 0 aliphatic carbocycles. The zero-order chi connectivity index (χ0) is 13.0. The fourth-order valence-electron chi connectivity index (χ4n) is 2.12. The second-order valence-corrected chi connectivity index (χ2v) is 4.53. The first-order valence-corrected chi connectivity index (χ1v) is 6.26. The van der Waals surface area contributed by atoms with Crippen LogP contribution in [0, 0.1) is 6.92 Å². The molecule has 4 nitrogen and oxygen atoms in total. The lowest BCUT2D eigenvalue weighted by Crippen LogP contribution is -2.26. The van der Waals surface area contributed by atoms with Gasteiger partial charge in [0.25, 0.3) is 0 Å². The Balaban J connectivity index is 2.00. The molecular weight excluding hydrogens is 232 g/mol. The van der Waals surface area contributed by atoms with E-state index in [0.29, 0.717) is 17.9 Å². The van der Waals surface area contributed by atoms with Crippen molar-refractivity contribution in [3.63, 3.8) is 0 Å². The van der Waals surface area contributed by atoms with Gasteiger partial charge in [-0.2, -0.15) is 0 Å². The third-order valence-electron chi connectivity index (χ3n) is 3.21. The summed E-state index contributed by atoms with van der Waals surface area (Å²) in [6, 6.07) is 5.08. The Bertz CT molecular complexity index is 422. The molecule has 1 aliphatic rings. The summed E-state index contributed by atoms with van der Waals surface area (Å²) in [5, 5.41) is 9.03. The third-order valence-corrected chi connectivity index (χ3v) is 3.21. The Kier molecular flexibility index (Phi) is 4.20. The lowest BCUT2D eigenvalue weighted by Gasteiger charge is -2.23. The van der Waals surface area contributed by atoms with Crippen molar-refractivity contribution in [3.8, 4) is 5.75 Å². The number of ether oxygens (including phenoxy) is 2. The van der Waals surface area contributed by atoms with Gasteiger partial charge in [0, 0.05) is 12.2 Å². The lowest BCUT2D eigenvalue weighted by molar-refractivity contribution is -0.0112. The van der Waals surface area contributed by atoms with E-state index >= 15 is 0 Å². The summed E-state index contributed by atoms with van der Waals surface area (Å²) >= 11 is 0. The van der Waals surface area contributed by atoms with Gasteiger partial charge in [0.15, 0.2) is 0 Å². The molecule has 1 N–H and O–H groups in total. The second-order valence-electron chi connectivity index (χ2n) is 4.53. The van der Waals surface area contributed by atoms with Crippen molar-refractivity contribution in [1.82, 2.24) is 0 Å². The maximum absolute atomic E-state index is 11.0. The quantitative estimate of drug-likeness (QED) is 0.892. The van der Waals surface area contributed by atoms with E-state index in [1.165, 1.54) is 6.42 Å². The van der Waals surface area contributed by atoms with E-state index in [0.717, 1.165) is 19.4 Å². The number of carbonyl (C=O) groups is 1. The molecular formula is C14H18O4. The first-order valence-electron chi connectivity index (χ1n) is 6.26. The predicted octanol–water partition coefficient (Wildman–Crippen LogP) is 2.64. The van der Waals surface area contributed by atoms with Crippen molar-refractivity contribution in [1.29, 1.82) is 0 Å². The van der Waals surface area contributed by atoms with Crippen LogP contribution < -0.4 is 4.74 Å². The fraction of sp³-hybridized carbons (Fsp3) is 0.500. The van der Waals surface area contributed by atoms with Gasteiger partial charge in [-0.3, -0.25) is 0 Å². The summed E-state index contributed by atoms with van der Waals surface area (Å²) in [5.41, 5.74) is 0.956. The van der Waals surface area contributed by atoms with E-state index in [-0.39, 0.29) is 11.7 Å². The minimum atomic E-state index is -0.924. The van der Waals surface area contributed by atoms with Gasteiger partial charge < -0.3 is 14.6 Å². The van der Waals surface area contributed by atoms with Crippen LogP contribution in [0.15, 0.2) is 18.2 Å². The lowest BCUT2D eigenvalue weighted by atomic mass is 10.1. The number of aromatic carboxylic acids is 1. The van der Waals surface area contributed by atoms with E-state index in [4.69, 9.17) is 14.6 Å². The fourth-order valence-corrected chi connectivity index (χ4v) is 2.12. The minimum absolute atomic E-state index is 0.131. The zero-order valence-corrected chi connectivity index (χ0v) is 10.5. The van der Waals surface area contributed by atoms with Crippen LogP contribution in [0.5, 0.6) is 5.75 Å². The monoisotopic (exact) mass is 250 g/mol. The number of rotatable bonds is 4. The molecule has 0 aromatic heterocycles. The summed E-state index contributed by atoms with van der Waals surface area (Å²) in [6.07, 6.45) is 3.43. The van der Waals surface area contributed by atoms with Crippen LogP contribution in [0.2, 0.25) is 0 Å². The van der Waals surface area contributed by atoms with Crippen molar-refractivity contribution in [2.45, 2.75) is 32.3 Å². The van der Waals surface area contributed by atoms with E-state index in [1.807, 2.05) is 0 Å². The van der Waals surface area contributed by atoms with Gasteiger partial charge in [-0.25, -0.2) is 4.79 Å².